The van der Waals surface area contributed by atoms with E-state index >= 15 is 0 Å². The molecule has 0 amide bonds. The van der Waals surface area contributed by atoms with Gasteiger partial charge in [0.2, 0.25) is 6.29 Å². The Hall–Kier alpha value is -2.65. The van der Waals surface area contributed by atoms with E-state index in [4.69, 9.17) is 71.2 Å². The Labute approximate surface area is 203 Å². The van der Waals surface area contributed by atoms with E-state index < -0.39 is 11.4 Å². The molecule has 1 atom stereocenters. The topological polar surface area (TPSA) is 99.7 Å². The zero-order valence-corrected chi connectivity index (χ0v) is 19.7. The summed E-state index contributed by atoms with van der Waals surface area (Å²) in [5, 5.41) is 15.5. The van der Waals surface area contributed by atoms with Crippen molar-refractivity contribution in [1.29, 1.82) is 0 Å². The zero-order chi connectivity index (χ0) is 23.8. The smallest absolute Gasteiger partial charge is 0.291 e. The van der Waals surface area contributed by atoms with Crippen molar-refractivity contribution in [2.24, 2.45) is 0 Å². The minimum Gasteiger partial charge on any atom is -0.454 e. The van der Waals surface area contributed by atoms with Gasteiger partial charge in [0.05, 0.1) is 22.1 Å². The molecule has 1 heterocycles. The quantitative estimate of drug-likeness (QED) is 0.163. The molecule has 0 saturated carbocycles. The number of hydrogen-bond acceptors (Lipinski definition) is 5. The second-order valence-corrected chi connectivity index (χ2v) is 7.81. The predicted octanol–water partition coefficient (Wildman–Crippen LogP) is 6.94. The fourth-order valence-corrected chi connectivity index (χ4v) is 3.48. The van der Waals surface area contributed by atoms with E-state index in [1.54, 1.807) is 55.8 Å². The van der Waals surface area contributed by atoms with E-state index in [-0.39, 0.29) is 0 Å². The maximum Gasteiger partial charge on any atom is 0.291 e. The highest BCUT2D eigenvalue weighted by Crippen LogP contribution is 2.34. The molecule has 0 bridgehead atoms. The molecule has 1 N–H and O–H groups in total. The lowest BCUT2D eigenvalue weighted by Gasteiger charge is -2.22. The number of benzene rings is 2. The summed E-state index contributed by atoms with van der Waals surface area (Å²) in [7, 11) is 0. The van der Waals surface area contributed by atoms with Gasteiger partial charge in [-0.05, 0) is 43.3 Å². The zero-order valence-electron chi connectivity index (χ0n) is 16.7. The summed E-state index contributed by atoms with van der Waals surface area (Å²) in [6.07, 6.45) is 4.49. The molecule has 3 rings (SSSR count). The van der Waals surface area contributed by atoms with Crippen molar-refractivity contribution < 1.29 is 19.8 Å². The molecule has 0 spiro atoms. The van der Waals surface area contributed by atoms with Crippen LogP contribution in [0.5, 0.6) is 5.75 Å². The van der Waals surface area contributed by atoms with Crippen molar-refractivity contribution >= 4 is 57.9 Å². The molecule has 0 saturated heterocycles. The number of allylic oxidation sites excluding steroid dienone is 1. The van der Waals surface area contributed by atoms with Gasteiger partial charge in [-0.1, -0.05) is 46.4 Å². The van der Waals surface area contributed by atoms with Crippen molar-refractivity contribution in [3.05, 3.63) is 90.9 Å². The van der Waals surface area contributed by atoms with Gasteiger partial charge in [-0.2, -0.15) is 0 Å². The van der Waals surface area contributed by atoms with Gasteiger partial charge in [-0.15, -0.1) is 10.1 Å². The van der Waals surface area contributed by atoms with Gasteiger partial charge in [-0.3, -0.25) is 0 Å². The lowest BCUT2D eigenvalue weighted by molar-refractivity contribution is -0.742. The average molecular weight is 521 g/mol. The van der Waals surface area contributed by atoms with Gasteiger partial charge in [0.25, 0.3) is 5.09 Å². The Morgan fingerprint density at radius 2 is 1.72 bits per heavy atom. The van der Waals surface area contributed by atoms with Crippen molar-refractivity contribution in [1.82, 2.24) is 9.55 Å². The number of halogens is 4. The van der Waals surface area contributed by atoms with Crippen LogP contribution < -0.4 is 4.74 Å². The molecule has 170 valence electrons. The Kier molecular flexibility index (Phi) is 9.46. The van der Waals surface area contributed by atoms with Crippen LogP contribution in [0.3, 0.4) is 0 Å². The summed E-state index contributed by atoms with van der Waals surface area (Å²) < 4.78 is 13.8. The standard InChI is InChI=1S/C20H16Cl4N2O2.HNO3/c1-12(26-8-7-25-11-26)20(16-5-3-14(21)9-17(16)23)28-13(2)27-19-6-4-15(22)10-18(19)24;2-1(3)4/h3-11,13H,1-2H3;(H,2,3,4). The van der Waals surface area contributed by atoms with E-state index in [0.717, 1.165) is 5.70 Å². The largest absolute Gasteiger partial charge is 0.454 e. The molecule has 0 fully saturated rings. The minimum absolute atomic E-state index is 0.393. The van der Waals surface area contributed by atoms with Crippen molar-refractivity contribution in [3.8, 4) is 5.75 Å². The molecule has 32 heavy (non-hydrogen) atoms. The van der Waals surface area contributed by atoms with Gasteiger partial charge >= 0.3 is 0 Å². The molecule has 3 aromatic rings. The SMILES string of the molecule is CC(=C(OC(C)Oc1ccc(Cl)cc1Cl)c1ccc(Cl)cc1Cl)n1ccnc1.O=[N+]([O-])O. The summed E-state index contributed by atoms with van der Waals surface area (Å²) in [4.78, 5) is 12.4. The third-order valence-corrected chi connectivity index (χ3v) is 4.95. The monoisotopic (exact) mass is 519 g/mol. The number of aromatic nitrogens is 2. The number of nitrogens with zero attached hydrogens (tertiary/aromatic N) is 3. The van der Waals surface area contributed by atoms with Crippen LogP contribution in [0, 0.1) is 10.1 Å². The third-order valence-electron chi connectivity index (χ3n) is 3.87. The lowest BCUT2D eigenvalue weighted by atomic mass is 10.1. The maximum atomic E-state index is 8.36. The van der Waals surface area contributed by atoms with E-state index in [9.17, 15) is 0 Å². The van der Waals surface area contributed by atoms with E-state index in [2.05, 4.69) is 4.98 Å². The summed E-state index contributed by atoms with van der Waals surface area (Å²) in [5.74, 6) is 0.984. The number of rotatable bonds is 6. The normalized spacial score (nSPS) is 12.2. The second-order valence-electron chi connectivity index (χ2n) is 6.12. The molecule has 2 aromatic carbocycles. The van der Waals surface area contributed by atoms with E-state index in [0.29, 0.717) is 37.2 Å². The highest BCUT2D eigenvalue weighted by Gasteiger charge is 2.18. The molecule has 0 aliphatic carbocycles. The molecule has 8 nitrogen and oxygen atoms in total. The molecular weight excluding hydrogens is 504 g/mol. The lowest BCUT2D eigenvalue weighted by Crippen LogP contribution is -2.17. The van der Waals surface area contributed by atoms with Crippen LogP contribution in [0.1, 0.15) is 19.4 Å². The molecule has 1 unspecified atom stereocenters. The Bertz CT molecular complexity index is 1100. The van der Waals surface area contributed by atoms with Crippen LogP contribution in [-0.2, 0) is 4.74 Å². The molecule has 12 heteroatoms. The van der Waals surface area contributed by atoms with Crippen LogP contribution in [0.2, 0.25) is 20.1 Å². The highest BCUT2D eigenvalue weighted by atomic mass is 35.5. The summed E-state index contributed by atoms with van der Waals surface area (Å²) in [6.45, 7) is 3.65. The van der Waals surface area contributed by atoms with E-state index in [1.165, 1.54) is 0 Å². The minimum atomic E-state index is -1.50. The van der Waals surface area contributed by atoms with Gasteiger partial charge in [-0.25, -0.2) is 4.98 Å². The maximum absolute atomic E-state index is 8.36. The number of imidazole rings is 1. The Balaban J connectivity index is 0.000000837. The second kappa shape index (κ2) is 11.8. The molecule has 0 radical (unpaired) electrons. The van der Waals surface area contributed by atoms with E-state index in [1.807, 2.05) is 17.7 Å². The van der Waals surface area contributed by atoms with Crippen LogP contribution in [0.4, 0.5) is 0 Å². The molecule has 0 aliphatic heterocycles. The van der Waals surface area contributed by atoms with Gasteiger partial charge < -0.3 is 19.2 Å². The van der Waals surface area contributed by atoms with Crippen LogP contribution >= 0.6 is 46.4 Å². The number of hydrogen-bond donors (Lipinski definition) is 1. The predicted molar refractivity (Wildman–Crippen MR) is 124 cm³/mol. The van der Waals surface area contributed by atoms with Gasteiger partial charge in [0.15, 0.2) is 5.76 Å². The molecule has 1 aromatic heterocycles. The highest BCUT2D eigenvalue weighted by molar-refractivity contribution is 6.36. The third kappa shape index (κ3) is 7.49. The first kappa shape index (κ1) is 25.6. The first-order valence-corrected chi connectivity index (χ1v) is 10.4. The van der Waals surface area contributed by atoms with Crippen LogP contribution in [-0.4, -0.2) is 26.1 Å². The summed E-state index contributed by atoms with van der Waals surface area (Å²) >= 11 is 24.6. The fourth-order valence-electron chi connectivity index (χ4n) is 2.53. The first-order valence-electron chi connectivity index (χ1n) is 8.84. The van der Waals surface area contributed by atoms with Crippen LogP contribution in [0.15, 0.2) is 55.1 Å². The van der Waals surface area contributed by atoms with Gasteiger partial charge in [0.1, 0.15) is 5.75 Å². The first-order chi connectivity index (χ1) is 15.1. The molecular formula is C20H17Cl4N3O5. The Morgan fingerprint density at radius 1 is 1.12 bits per heavy atom. The fraction of sp³-hybridized carbons (Fsp3) is 0.150. The number of ether oxygens (including phenoxy) is 2. The van der Waals surface area contributed by atoms with Crippen LogP contribution in [0.25, 0.3) is 11.5 Å². The summed E-state index contributed by atoms with van der Waals surface area (Å²) in [5.41, 5.74) is 1.45. The van der Waals surface area contributed by atoms with Crippen molar-refractivity contribution in [2.75, 3.05) is 0 Å². The Morgan fingerprint density at radius 3 is 2.25 bits per heavy atom. The molecule has 0 aliphatic rings. The summed E-state index contributed by atoms with van der Waals surface area (Å²) in [6, 6.07) is 10.2. The van der Waals surface area contributed by atoms with Crippen molar-refractivity contribution in [3.63, 3.8) is 0 Å². The average Bonchev–Trinajstić information content (AvgIpc) is 3.23. The van der Waals surface area contributed by atoms with Crippen molar-refractivity contribution in [2.45, 2.75) is 20.1 Å². The van der Waals surface area contributed by atoms with Gasteiger partial charge in [0, 0.05) is 34.9 Å².